The van der Waals surface area contributed by atoms with Crippen LogP contribution >= 0.6 is 11.3 Å². The van der Waals surface area contributed by atoms with Crippen molar-refractivity contribution in [2.24, 2.45) is 7.05 Å². The van der Waals surface area contributed by atoms with Crippen LogP contribution in [-0.4, -0.2) is 31.5 Å². The quantitative estimate of drug-likeness (QED) is 0.599. The molecule has 7 nitrogen and oxygen atoms in total. The van der Waals surface area contributed by atoms with Crippen LogP contribution in [-0.2, 0) is 29.7 Å². The Morgan fingerprint density at radius 1 is 1.32 bits per heavy atom. The van der Waals surface area contributed by atoms with Crippen LogP contribution in [0.3, 0.4) is 0 Å². The molecule has 0 aliphatic carbocycles. The maximum Gasteiger partial charge on any atom is 0.339 e. The molecular formula is C20H20N4O3S. The third-order valence-electron chi connectivity index (χ3n) is 4.82. The summed E-state index contributed by atoms with van der Waals surface area (Å²) in [5, 5.41) is 7.20. The van der Waals surface area contributed by atoms with Crippen molar-refractivity contribution >= 4 is 23.2 Å². The van der Waals surface area contributed by atoms with Gasteiger partial charge in [-0.3, -0.25) is 9.48 Å². The SMILES string of the molecule is Cc1cc(CN(Cc2nccs2)C(=O)CC2OC(=O)c3ccccc32)nn1C. The molecule has 3 aromatic rings. The molecule has 1 aliphatic heterocycles. The van der Waals surface area contributed by atoms with E-state index in [9.17, 15) is 9.59 Å². The molecule has 2 aromatic heterocycles. The van der Waals surface area contributed by atoms with Crippen LogP contribution in [0.5, 0.6) is 0 Å². The predicted molar refractivity (Wildman–Crippen MR) is 104 cm³/mol. The zero-order valence-corrected chi connectivity index (χ0v) is 16.5. The number of cyclic esters (lactones) is 1. The standard InChI is InChI=1S/C20H20N4O3S/c1-13-9-14(22-23(13)2)11-24(12-18-21-7-8-28-18)19(25)10-17-15-5-3-4-6-16(15)20(26)27-17/h3-9,17H,10-12H2,1-2H3. The van der Waals surface area contributed by atoms with Gasteiger partial charge in [0.15, 0.2) is 0 Å². The number of thiazole rings is 1. The lowest BCUT2D eigenvalue weighted by Crippen LogP contribution is -2.31. The van der Waals surface area contributed by atoms with Gasteiger partial charge in [0.25, 0.3) is 0 Å². The second kappa shape index (κ2) is 7.55. The van der Waals surface area contributed by atoms with E-state index in [1.165, 1.54) is 11.3 Å². The molecule has 0 fully saturated rings. The fourth-order valence-corrected chi connectivity index (χ4v) is 3.92. The third-order valence-corrected chi connectivity index (χ3v) is 5.58. The second-order valence-corrected chi connectivity index (χ2v) is 7.74. The molecule has 0 bridgehead atoms. The number of benzene rings is 1. The Kier molecular flexibility index (Phi) is 4.95. The van der Waals surface area contributed by atoms with Gasteiger partial charge in [-0.1, -0.05) is 18.2 Å². The number of ether oxygens (including phenoxy) is 1. The fraction of sp³-hybridized carbons (Fsp3) is 0.300. The Labute approximate surface area is 166 Å². The van der Waals surface area contributed by atoms with E-state index >= 15 is 0 Å². The smallest absolute Gasteiger partial charge is 0.339 e. The van der Waals surface area contributed by atoms with Crippen molar-refractivity contribution in [2.75, 3.05) is 0 Å². The van der Waals surface area contributed by atoms with Crippen LogP contribution in [0.25, 0.3) is 0 Å². The predicted octanol–water partition coefficient (Wildman–Crippen LogP) is 3.02. The van der Waals surface area contributed by atoms with Crippen LogP contribution in [0.2, 0.25) is 0 Å². The minimum atomic E-state index is -0.555. The van der Waals surface area contributed by atoms with Gasteiger partial charge >= 0.3 is 5.97 Å². The van der Waals surface area contributed by atoms with Crippen LogP contribution in [0, 0.1) is 6.92 Å². The summed E-state index contributed by atoms with van der Waals surface area (Å²) in [4.78, 5) is 31.2. The Bertz CT molecular complexity index is 993. The molecular weight excluding hydrogens is 376 g/mol. The monoisotopic (exact) mass is 396 g/mol. The first-order valence-electron chi connectivity index (χ1n) is 8.97. The number of amides is 1. The number of esters is 1. The van der Waals surface area contributed by atoms with Crippen LogP contribution < -0.4 is 0 Å². The highest BCUT2D eigenvalue weighted by Gasteiger charge is 2.33. The topological polar surface area (TPSA) is 77.3 Å². The Morgan fingerprint density at radius 3 is 2.86 bits per heavy atom. The number of rotatable bonds is 6. The molecule has 144 valence electrons. The van der Waals surface area contributed by atoms with Crippen molar-refractivity contribution < 1.29 is 14.3 Å². The van der Waals surface area contributed by atoms with Gasteiger partial charge in [-0.05, 0) is 19.1 Å². The zero-order valence-electron chi connectivity index (χ0n) is 15.7. The van der Waals surface area contributed by atoms with E-state index in [0.717, 1.165) is 22.0 Å². The maximum absolute atomic E-state index is 13.1. The summed E-state index contributed by atoms with van der Waals surface area (Å²) in [6.45, 7) is 2.75. The van der Waals surface area contributed by atoms with E-state index in [1.807, 2.05) is 37.6 Å². The van der Waals surface area contributed by atoms with Gasteiger partial charge in [0.05, 0.1) is 30.8 Å². The number of fused-ring (bicyclic) bond motifs is 1. The minimum absolute atomic E-state index is 0.0972. The van der Waals surface area contributed by atoms with Gasteiger partial charge in [-0.25, -0.2) is 9.78 Å². The molecule has 8 heteroatoms. The van der Waals surface area contributed by atoms with E-state index < -0.39 is 6.10 Å². The number of hydrogen-bond acceptors (Lipinski definition) is 6. The highest BCUT2D eigenvalue weighted by Crippen LogP contribution is 2.33. The molecule has 0 saturated carbocycles. The Hall–Kier alpha value is -3.00. The average Bonchev–Trinajstić information content (AvgIpc) is 3.37. The minimum Gasteiger partial charge on any atom is -0.453 e. The summed E-state index contributed by atoms with van der Waals surface area (Å²) in [6, 6.07) is 9.18. The number of carbonyl (C=O) groups excluding carboxylic acids is 2. The van der Waals surface area contributed by atoms with Crippen molar-refractivity contribution in [3.8, 4) is 0 Å². The molecule has 28 heavy (non-hydrogen) atoms. The van der Waals surface area contributed by atoms with Crippen LogP contribution in [0.4, 0.5) is 0 Å². The largest absolute Gasteiger partial charge is 0.453 e. The molecule has 1 unspecified atom stereocenters. The second-order valence-electron chi connectivity index (χ2n) is 6.76. The molecule has 3 heterocycles. The zero-order chi connectivity index (χ0) is 19.7. The van der Waals surface area contributed by atoms with Gasteiger partial charge in [-0.2, -0.15) is 5.10 Å². The molecule has 0 saturated heterocycles. The summed E-state index contributed by atoms with van der Waals surface area (Å²) < 4.78 is 7.23. The lowest BCUT2D eigenvalue weighted by molar-refractivity contribution is -0.134. The first-order valence-corrected chi connectivity index (χ1v) is 9.85. The Morgan fingerprint density at radius 2 is 2.14 bits per heavy atom. The number of hydrogen-bond donors (Lipinski definition) is 0. The molecule has 1 aliphatic rings. The summed E-state index contributed by atoms with van der Waals surface area (Å²) in [7, 11) is 1.88. The summed E-state index contributed by atoms with van der Waals surface area (Å²) >= 11 is 1.50. The number of nitrogens with zero attached hydrogens (tertiary/aromatic N) is 4. The van der Waals surface area contributed by atoms with E-state index in [-0.39, 0.29) is 18.3 Å². The third kappa shape index (κ3) is 3.68. The fourth-order valence-electron chi connectivity index (χ4n) is 3.29. The van der Waals surface area contributed by atoms with Gasteiger partial charge in [-0.15, -0.1) is 11.3 Å². The summed E-state index contributed by atoms with van der Waals surface area (Å²) in [5.41, 5.74) is 3.14. The normalized spacial score (nSPS) is 15.4. The lowest BCUT2D eigenvalue weighted by Gasteiger charge is -2.22. The van der Waals surface area contributed by atoms with E-state index in [1.54, 1.807) is 27.9 Å². The number of carbonyl (C=O) groups is 2. The van der Waals surface area contributed by atoms with Gasteiger partial charge in [0, 0.05) is 29.9 Å². The van der Waals surface area contributed by atoms with Crippen molar-refractivity contribution in [1.29, 1.82) is 0 Å². The van der Waals surface area contributed by atoms with E-state index in [4.69, 9.17) is 4.74 Å². The van der Waals surface area contributed by atoms with Crippen LogP contribution in [0.1, 0.15) is 44.8 Å². The van der Waals surface area contributed by atoms with Crippen molar-refractivity contribution in [3.63, 3.8) is 0 Å². The molecule has 4 rings (SSSR count). The lowest BCUT2D eigenvalue weighted by atomic mass is 10.0. The maximum atomic E-state index is 13.1. The van der Waals surface area contributed by atoms with Crippen molar-refractivity contribution in [1.82, 2.24) is 19.7 Å². The summed E-state index contributed by atoms with van der Waals surface area (Å²) in [5.74, 6) is -0.478. The average molecular weight is 396 g/mol. The van der Waals surface area contributed by atoms with Crippen molar-refractivity contribution in [3.05, 3.63) is 69.4 Å². The molecule has 1 amide bonds. The Balaban J connectivity index is 1.54. The van der Waals surface area contributed by atoms with Gasteiger partial charge in [0.2, 0.25) is 5.91 Å². The first kappa shape index (κ1) is 18.4. The highest BCUT2D eigenvalue weighted by atomic mass is 32.1. The highest BCUT2D eigenvalue weighted by molar-refractivity contribution is 7.09. The summed E-state index contributed by atoms with van der Waals surface area (Å²) in [6.07, 6.45) is 1.27. The molecule has 1 aromatic carbocycles. The van der Waals surface area contributed by atoms with Crippen molar-refractivity contribution in [2.45, 2.75) is 32.5 Å². The number of aryl methyl sites for hydroxylation is 2. The van der Waals surface area contributed by atoms with E-state index in [2.05, 4.69) is 10.1 Å². The van der Waals surface area contributed by atoms with Gasteiger partial charge in [0.1, 0.15) is 11.1 Å². The van der Waals surface area contributed by atoms with E-state index in [0.29, 0.717) is 18.7 Å². The first-order chi connectivity index (χ1) is 13.5. The molecule has 0 radical (unpaired) electrons. The van der Waals surface area contributed by atoms with Gasteiger partial charge < -0.3 is 9.64 Å². The molecule has 0 N–H and O–H groups in total. The molecule has 0 spiro atoms. The molecule has 1 atom stereocenters. The number of aromatic nitrogens is 3. The van der Waals surface area contributed by atoms with Crippen LogP contribution in [0.15, 0.2) is 41.9 Å².